The largest absolute Gasteiger partial charge is 0.456 e. The van der Waals surface area contributed by atoms with Gasteiger partial charge >= 0.3 is 0 Å². The Morgan fingerprint density at radius 2 is 1.15 bits per heavy atom. The van der Waals surface area contributed by atoms with Crippen molar-refractivity contribution >= 4 is 44.4 Å². The van der Waals surface area contributed by atoms with Gasteiger partial charge in [-0.15, -0.1) is 0 Å². The Bertz CT molecular complexity index is 2470. The molecule has 2 heterocycles. The van der Waals surface area contributed by atoms with Gasteiger partial charge in [0.2, 0.25) is 0 Å². The lowest BCUT2D eigenvalue weighted by molar-refractivity contribution is 0.668. The molecule has 222 valence electrons. The summed E-state index contributed by atoms with van der Waals surface area (Å²) in [4.78, 5) is 10.7. The first-order valence-electron chi connectivity index (χ1n) is 15.9. The van der Waals surface area contributed by atoms with Gasteiger partial charge in [-0.05, 0) is 56.8 Å². The highest BCUT2D eigenvalue weighted by molar-refractivity contribution is 6.25. The van der Waals surface area contributed by atoms with E-state index in [0.29, 0.717) is 5.84 Å². The highest BCUT2D eigenvalue weighted by Gasteiger charge is 2.26. The summed E-state index contributed by atoms with van der Waals surface area (Å²) in [5.41, 5.74) is 9.21. The summed E-state index contributed by atoms with van der Waals surface area (Å²) in [5, 5.41) is 8.07. The van der Waals surface area contributed by atoms with Crippen LogP contribution in [-0.4, -0.2) is 11.7 Å². The van der Waals surface area contributed by atoms with Crippen LogP contribution in [0.1, 0.15) is 22.9 Å². The number of para-hydroxylation sites is 1. The van der Waals surface area contributed by atoms with Gasteiger partial charge in [0.05, 0.1) is 0 Å². The molecule has 0 saturated heterocycles. The Balaban J connectivity index is 1.30. The maximum atomic E-state index is 6.42. The highest BCUT2D eigenvalue weighted by atomic mass is 16.3. The van der Waals surface area contributed by atoms with Crippen LogP contribution >= 0.6 is 0 Å². The van der Waals surface area contributed by atoms with Crippen LogP contribution in [0, 0.1) is 0 Å². The van der Waals surface area contributed by atoms with Crippen LogP contribution in [0.5, 0.6) is 0 Å². The van der Waals surface area contributed by atoms with Crippen molar-refractivity contribution in [2.24, 2.45) is 9.98 Å². The second-order valence-corrected chi connectivity index (χ2v) is 11.8. The topological polar surface area (TPSA) is 49.9 Å². The van der Waals surface area contributed by atoms with E-state index in [-0.39, 0.29) is 6.17 Å². The lowest BCUT2D eigenvalue weighted by atomic mass is 9.91. The summed E-state index contributed by atoms with van der Waals surface area (Å²) >= 11 is 0. The zero-order chi connectivity index (χ0) is 31.2. The van der Waals surface area contributed by atoms with Gasteiger partial charge in [-0.25, -0.2) is 9.98 Å². The van der Waals surface area contributed by atoms with Gasteiger partial charge in [-0.3, -0.25) is 0 Å². The average molecular weight is 604 g/mol. The molecular weight excluding hydrogens is 574 g/mol. The number of furan rings is 1. The van der Waals surface area contributed by atoms with Crippen LogP contribution in [0.15, 0.2) is 178 Å². The standard InChI is InChI=1S/C43H29N3O/c1-3-12-28(13-4-1)29-22-24-32(25-23-29)42-44-41(31-15-5-2-6-16-31)45-43(46-42)40-35(34-20-11-17-30-14-7-8-18-33(30)34)26-27-38-39(40)36-19-9-10-21-37(36)47-38/h1-27,41H,(H,44,45,46). The van der Waals surface area contributed by atoms with Crippen molar-refractivity contribution in [3.8, 4) is 22.3 Å². The first-order valence-corrected chi connectivity index (χ1v) is 15.9. The van der Waals surface area contributed by atoms with Crippen molar-refractivity contribution in [3.63, 3.8) is 0 Å². The summed E-state index contributed by atoms with van der Waals surface area (Å²) in [5.74, 6) is 1.44. The van der Waals surface area contributed by atoms with Crippen molar-refractivity contribution in [1.29, 1.82) is 0 Å². The molecule has 1 N–H and O–H groups in total. The van der Waals surface area contributed by atoms with Crippen LogP contribution in [0.25, 0.3) is 55.0 Å². The Morgan fingerprint density at radius 3 is 1.98 bits per heavy atom. The Labute approximate surface area is 272 Å². The third-order valence-corrected chi connectivity index (χ3v) is 8.97. The van der Waals surface area contributed by atoms with Crippen molar-refractivity contribution in [2.45, 2.75) is 6.17 Å². The number of rotatable bonds is 5. The smallest absolute Gasteiger partial charge is 0.160 e. The molecular formula is C43H29N3O. The minimum Gasteiger partial charge on any atom is -0.456 e. The third-order valence-electron chi connectivity index (χ3n) is 8.97. The second kappa shape index (κ2) is 11.3. The van der Waals surface area contributed by atoms with Gasteiger partial charge in [0.25, 0.3) is 0 Å². The highest BCUT2D eigenvalue weighted by Crippen LogP contribution is 2.40. The van der Waals surface area contributed by atoms with Gasteiger partial charge < -0.3 is 9.73 Å². The van der Waals surface area contributed by atoms with E-state index >= 15 is 0 Å². The number of nitrogens with zero attached hydrogens (tertiary/aromatic N) is 2. The number of fused-ring (bicyclic) bond motifs is 4. The molecule has 1 aliphatic heterocycles. The SMILES string of the molecule is c1ccc(-c2ccc(C3=NC(c4c(-c5cccc6ccccc56)ccc5oc6ccccc6c45)=NC(c4ccccc4)N3)cc2)cc1. The van der Waals surface area contributed by atoms with Gasteiger partial charge in [-0.2, -0.15) is 0 Å². The molecule has 4 heteroatoms. The molecule has 0 amide bonds. The zero-order valence-corrected chi connectivity index (χ0v) is 25.5. The predicted octanol–water partition coefficient (Wildman–Crippen LogP) is 10.6. The maximum Gasteiger partial charge on any atom is 0.160 e. The van der Waals surface area contributed by atoms with Gasteiger partial charge in [0.15, 0.2) is 5.84 Å². The summed E-state index contributed by atoms with van der Waals surface area (Å²) in [7, 11) is 0. The number of hydrogen-bond acceptors (Lipinski definition) is 4. The Kier molecular flexibility index (Phi) is 6.50. The first kappa shape index (κ1) is 27.1. The lowest BCUT2D eigenvalue weighted by Gasteiger charge is -2.25. The van der Waals surface area contributed by atoms with E-state index in [0.717, 1.165) is 61.2 Å². The summed E-state index contributed by atoms with van der Waals surface area (Å²) in [6.07, 6.45) is -0.332. The molecule has 1 unspecified atom stereocenters. The van der Waals surface area contributed by atoms with Crippen molar-refractivity contribution in [1.82, 2.24) is 5.32 Å². The second-order valence-electron chi connectivity index (χ2n) is 11.8. The van der Waals surface area contributed by atoms with Crippen molar-refractivity contribution < 1.29 is 4.42 Å². The summed E-state index contributed by atoms with van der Waals surface area (Å²) < 4.78 is 6.42. The monoisotopic (exact) mass is 603 g/mol. The molecule has 0 bridgehead atoms. The fraction of sp³-hybridized carbons (Fsp3) is 0.0233. The number of hydrogen-bond donors (Lipinski definition) is 1. The Hall–Kier alpha value is -6.26. The molecule has 47 heavy (non-hydrogen) atoms. The lowest BCUT2D eigenvalue weighted by Crippen LogP contribution is -2.33. The van der Waals surface area contributed by atoms with Crippen molar-refractivity contribution in [3.05, 3.63) is 180 Å². The van der Waals surface area contributed by atoms with Crippen LogP contribution in [0.3, 0.4) is 0 Å². The van der Waals surface area contributed by atoms with Crippen LogP contribution in [0.2, 0.25) is 0 Å². The molecule has 9 rings (SSSR count). The molecule has 0 spiro atoms. The van der Waals surface area contributed by atoms with E-state index in [1.54, 1.807) is 0 Å². The Morgan fingerprint density at radius 1 is 0.489 bits per heavy atom. The zero-order valence-electron chi connectivity index (χ0n) is 25.5. The molecule has 1 aliphatic rings. The van der Waals surface area contributed by atoms with E-state index in [1.165, 1.54) is 16.3 Å². The van der Waals surface area contributed by atoms with E-state index < -0.39 is 0 Å². The molecule has 4 nitrogen and oxygen atoms in total. The van der Waals surface area contributed by atoms with Gasteiger partial charge in [0.1, 0.15) is 23.2 Å². The summed E-state index contributed by atoms with van der Waals surface area (Å²) in [6, 6.07) is 56.9. The predicted molar refractivity (Wildman–Crippen MR) is 194 cm³/mol. The van der Waals surface area contributed by atoms with Crippen LogP contribution in [0.4, 0.5) is 0 Å². The molecule has 0 aliphatic carbocycles. The fourth-order valence-electron chi connectivity index (χ4n) is 6.70. The molecule has 1 aromatic heterocycles. The maximum absolute atomic E-state index is 6.42. The van der Waals surface area contributed by atoms with E-state index in [2.05, 4.69) is 145 Å². The molecule has 0 fully saturated rings. The third kappa shape index (κ3) is 4.79. The molecule has 8 aromatic rings. The quantitative estimate of drug-likeness (QED) is 0.213. The van der Waals surface area contributed by atoms with E-state index in [4.69, 9.17) is 14.4 Å². The van der Waals surface area contributed by atoms with Gasteiger partial charge in [0, 0.05) is 21.9 Å². The number of nitrogens with one attached hydrogen (secondary N) is 1. The van der Waals surface area contributed by atoms with E-state index in [9.17, 15) is 0 Å². The van der Waals surface area contributed by atoms with E-state index in [1.807, 2.05) is 24.3 Å². The van der Waals surface area contributed by atoms with Gasteiger partial charge in [-0.1, -0.05) is 146 Å². The molecule has 0 radical (unpaired) electrons. The minimum atomic E-state index is -0.332. The molecule has 0 saturated carbocycles. The molecule has 1 atom stereocenters. The fourth-order valence-corrected chi connectivity index (χ4v) is 6.70. The first-order chi connectivity index (χ1) is 23.3. The minimum absolute atomic E-state index is 0.332. The van der Waals surface area contributed by atoms with Crippen LogP contribution < -0.4 is 5.32 Å². The number of benzene rings is 7. The number of aliphatic imine (C=N–C) groups is 2. The molecule has 7 aromatic carbocycles. The van der Waals surface area contributed by atoms with Crippen molar-refractivity contribution in [2.75, 3.05) is 0 Å². The summed E-state index contributed by atoms with van der Waals surface area (Å²) in [6.45, 7) is 0. The number of amidine groups is 2. The van der Waals surface area contributed by atoms with Crippen LogP contribution in [-0.2, 0) is 0 Å². The average Bonchev–Trinajstić information content (AvgIpc) is 3.54. The normalized spacial score (nSPS) is 14.6.